The van der Waals surface area contributed by atoms with Gasteiger partial charge in [-0.3, -0.25) is 5.10 Å². The van der Waals surface area contributed by atoms with Crippen molar-refractivity contribution in [3.63, 3.8) is 0 Å². The highest BCUT2D eigenvalue weighted by atomic mass is 32.1. The summed E-state index contributed by atoms with van der Waals surface area (Å²) in [5.74, 6) is -0.0929. The molecule has 0 saturated heterocycles. The van der Waals surface area contributed by atoms with Gasteiger partial charge in [-0.2, -0.15) is 5.10 Å². The van der Waals surface area contributed by atoms with Crippen molar-refractivity contribution in [1.82, 2.24) is 10.2 Å². The number of aromatic amines is 1. The van der Waals surface area contributed by atoms with Gasteiger partial charge in [-0.1, -0.05) is 17.7 Å². The average molecular weight is 304 g/mol. The lowest BCUT2D eigenvalue weighted by molar-refractivity contribution is 0.0602. The predicted molar refractivity (Wildman–Crippen MR) is 85.7 cm³/mol. The van der Waals surface area contributed by atoms with Crippen molar-refractivity contribution in [3.05, 3.63) is 41.1 Å². The average Bonchev–Trinajstić information content (AvgIpc) is 2.89. The fraction of sp³-hybridized carbons (Fsp3) is 0.214. The molecule has 6 nitrogen and oxygen atoms in total. The van der Waals surface area contributed by atoms with Gasteiger partial charge in [-0.25, -0.2) is 4.79 Å². The molecule has 0 fully saturated rings. The molecule has 0 aliphatic rings. The van der Waals surface area contributed by atoms with Crippen molar-refractivity contribution in [2.45, 2.75) is 13.8 Å². The molecule has 0 bridgehead atoms. The van der Waals surface area contributed by atoms with E-state index in [1.54, 1.807) is 0 Å². The zero-order chi connectivity index (χ0) is 15.4. The fourth-order valence-electron chi connectivity index (χ4n) is 1.87. The van der Waals surface area contributed by atoms with E-state index in [1.807, 2.05) is 26.0 Å². The van der Waals surface area contributed by atoms with Gasteiger partial charge < -0.3 is 15.4 Å². The molecule has 1 heterocycles. The molecule has 2 aromatic rings. The Kier molecular flexibility index (Phi) is 4.54. The molecule has 0 saturated carbocycles. The quantitative estimate of drug-likeness (QED) is 0.597. The summed E-state index contributed by atoms with van der Waals surface area (Å²) in [7, 11) is 1.31. The highest BCUT2D eigenvalue weighted by molar-refractivity contribution is 7.80. The Bertz CT molecular complexity index is 681. The van der Waals surface area contributed by atoms with E-state index >= 15 is 0 Å². The zero-order valence-corrected chi connectivity index (χ0v) is 12.8. The third-order valence-electron chi connectivity index (χ3n) is 2.91. The third kappa shape index (κ3) is 3.57. The summed E-state index contributed by atoms with van der Waals surface area (Å²) in [5, 5.41) is 12.8. The van der Waals surface area contributed by atoms with Crippen molar-refractivity contribution in [2.75, 3.05) is 17.7 Å². The first-order valence-electron chi connectivity index (χ1n) is 6.28. The number of hydrogen-bond acceptors (Lipinski definition) is 4. The van der Waals surface area contributed by atoms with Crippen LogP contribution in [0.4, 0.5) is 11.5 Å². The number of nitrogens with zero attached hydrogens (tertiary/aromatic N) is 1. The van der Waals surface area contributed by atoms with E-state index in [1.165, 1.54) is 18.9 Å². The Balaban J connectivity index is 2.09. The third-order valence-corrected chi connectivity index (χ3v) is 3.12. The van der Waals surface area contributed by atoms with Crippen LogP contribution in [0.25, 0.3) is 0 Å². The van der Waals surface area contributed by atoms with Crippen LogP contribution in [-0.2, 0) is 4.74 Å². The SMILES string of the molecule is COC(=O)c1cn[nH]c1NC(=S)Nc1ccc(C)cc1C. The van der Waals surface area contributed by atoms with Crippen LogP contribution in [0.15, 0.2) is 24.4 Å². The highest BCUT2D eigenvalue weighted by Crippen LogP contribution is 2.17. The summed E-state index contributed by atoms with van der Waals surface area (Å²) in [5.41, 5.74) is 3.45. The lowest BCUT2D eigenvalue weighted by Crippen LogP contribution is -2.21. The smallest absolute Gasteiger partial charge is 0.343 e. The van der Waals surface area contributed by atoms with E-state index in [0.29, 0.717) is 16.5 Å². The number of esters is 1. The van der Waals surface area contributed by atoms with Crippen LogP contribution < -0.4 is 10.6 Å². The minimum Gasteiger partial charge on any atom is -0.465 e. The Hall–Kier alpha value is -2.41. The Labute approximate surface area is 127 Å². The molecule has 0 unspecified atom stereocenters. The van der Waals surface area contributed by atoms with Gasteiger partial charge >= 0.3 is 5.97 Å². The molecular formula is C14H16N4O2S. The molecule has 0 aliphatic heterocycles. The van der Waals surface area contributed by atoms with Crippen molar-refractivity contribution in [1.29, 1.82) is 0 Å². The molecule has 0 aliphatic carbocycles. The number of benzene rings is 1. The minimum atomic E-state index is -0.486. The number of carbonyl (C=O) groups excluding carboxylic acids is 1. The molecule has 3 N–H and O–H groups in total. The molecule has 2 rings (SSSR count). The number of methoxy groups -OCH3 is 1. The van der Waals surface area contributed by atoms with E-state index in [4.69, 9.17) is 12.2 Å². The Morgan fingerprint density at radius 3 is 2.76 bits per heavy atom. The molecule has 110 valence electrons. The number of aryl methyl sites for hydroxylation is 2. The standard InChI is InChI=1S/C14H16N4O2S/c1-8-4-5-11(9(2)6-8)16-14(21)17-12-10(7-15-18-12)13(19)20-3/h4-7H,1-3H3,(H3,15,16,17,18,21). The second-order valence-electron chi connectivity index (χ2n) is 4.55. The van der Waals surface area contributed by atoms with Crippen molar-refractivity contribution >= 4 is 34.8 Å². The van der Waals surface area contributed by atoms with Gasteiger partial charge in [0.15, 0.2) is 5.11 Å². The normalized spacial score (nSPS) is 10.0. The second kappa shape index (κ2) is 6.36. The monoisotopic (exact) mass is 304 g/mol. The number of aromatic nitrogens is 2. The number of anilines is 2. The maximum Gasteiger partial charge on any atom is 0.343 e. The Morgan fingerprint density at radius 1 is 1.33 bits per heavy atom. The van der Waals surface area contributed by atoms with Gasteiger partial charge in [-0.05, 0) is 37.7 Å². The van der Waals surface area contributed by atoms with Crippen molar-refractivity contribution in [2.24, 2.45) is 0 Å². The van der Waals surface area contributed by atoms with Crippen LogP contribution in [0.3, 0.4) is 0 Å². The number of hydrogen-bond donors (Lipinski definition) is 3. The van der Waals surface area contributed by atoms with E-state index in [0.717, 1.165) is 11.3 Å². The molecular weight excluding hydrogens is 288 g/mol. The van der Waals surface area contributed by atoms with Crippen molar-refractivity contribution < 1.29 is 9.53 Å². The van der Waals surface area contributed by atoms with Gasteiger partial charge in [0.2, 0.25) is 0 Å². The number of ether oxygens (including phenoxy) is 1. The summed E-state index contributed by atoms with van der Waals surface area (Å²) < 4.78 is 4.66. The van der Waals surface area contributed by atoms with E-state index in [9.17, 15) is 4.79 Å². The molecule has 7 heteroatoms. The van der Waals surface area contributed by atoms with Gasteiger partial charge in [0.05, 0.1) is 13.3 Å². The molecule has 1 aromatic carbocycles. The number of thiocarbonyl (C=S) groups is 1. The second-order valence-corrected chi connectivity index (χ2v) is 4.96. The lowest BCUT2D eigenvalue weighted by atomic mass is 10.1. The number of H-pyrrole nitrogens is 1. The van der Waals surface area contributed by atoms with E-state index in [-0.39, 0.29) is 0 Å². The summed E-state index contributed by atoms with van der Waals surface area (Å²) >= 11 is 5.24. The molecule has 1 aromatic heterocycles. The molecule has 21 heavy (non-hydrogen) atoms. The first-order valence-corrected chi connectivity index (χ1v) is 6.69. The largest absolute Gasteiger partial charge is 0.465 e. The van der Waals surface area contributed by atoms with Crippen molar-refractivity contribution in [3.8, 4) is 0 Å². The van der Waals surface area contributed by atoms with Crippen LogP contribution in [0.2, 0.25) is 0 Å². The van der Waals surface area contributed by atoms with Crippen LogP contribution in [0, 0.1) is 13.8 Å². The fourth-order valence-corrected chi connectivity index (χ4v) is 2.08. The minimum absolute atomic E-state index is 0.294. The van der Waals surface area contributed by atoms with E-state index < -0.39 is 5.97 Å². The number of nitrogens with one attached hydrogen (secondary N) is 3. The summed E-state index contributed by atoms with van der Waals surface area (Å²) in [6.07, 6.45) is 1.38. The Morgan fingerprint density at radius 2 is 2.10 bits per heavy atom. The van der Waals surface area contributed by atoms with Crippen LogP contribution in [-0.4, -0.2) is 28.4 Å². The molecule has 0 amide bonds. The van der Waals surface area contributed by atoms with Gasteiger partial charge in [-0.15, -0.1) is 0 Å². The van der Waals surface area contributed by atoms with Gasteiger partial charge in [0.1, 0.15) is 11.4 Å². The van der Waals surface area contributed by atoms with Crippen LogP contribution >= 0.6 is 12.2 Å². The zero-order valence-electron chi connectivity index (χ0n) is 12.0. The maximum absolute atomic E-state index is 11.5. The molecule has 0 atom stereocenters. The highest BCUT2D eigenvalue weighted by Gasteiger charge is 2.15. The predicted octanol–water partition coefficient (Wildman–Crippen LogP) is 2.62. The lowest BCUT2D eigenvalue weighted by Gasteiger charge is -2.12. The van der Waals surface area contributed by atoms with Gasteiger partial charge in [0.25, 0.3) is 0 Å². The van der Waals surface area contributed by atoms with Crippen LogP contribution in [0.1, 0.15) is 21.5 Å². The first-order chi connectivity index (χ1) is 10.0. The van der Waals surface area contributed by atoms with Gasteiger partial charge in [0, 0.05) is 5.69 Å². The number of carbonyl (C=O) groups is 1. The first kappa shape index (κ1) is 15.0. The van der Waals surface area contributed by atoms with E-state index in [2.05, 4.69) is 31.6 Å². The number of rotatable bonds is 3. The van der Waals surface area contributed by atoms with Crippen LogP contribution in [0.5, 0.6) is 0 Å². The molecule has 0 radical (unpaired) electrons. The summed E-state index contributed by atoms with van der Waals surface area (Å²) in [6.45, 7) is 4.02. The maximum atomic E-state index is 11.5. The summed E-state index contributed by atoms with van der Waals surface area (Å²) in [6, 6.07) is 6.00. The summed E-state index contributed by atoms with van der Waals surface area (Å²) in [4.78, 5) is 11.5. The topological polar surface area (TPSA) is 79.0 Å². The molecule has 0 spiro atoms.